The largest absolute Gasteiger partial charge is 0.370 e. The van der Waals surface area contributed by atoms with E-state index in [1.807, 2.05) is 59.6 Å². The molecule has 0 aliphatic carbocycles. The van der Waals surface area contributed by atoms with Crippen molar-refractivity contribution in [3.05, 3.63) is 90.1 Å². The van der Waals surface area contributed by atoms with Crippen molar-refractivity contribution >= 4 is 34.6 Å². The summed E-state index contributed by atoms with van der Waals surface area (Å²) in [7, 11) is 0. The molecule has 0 saturated carbocycles. The number of hydrogen-bond donors (Lipinski definition) is 7. The quantitative estimate of drug-likeness (QED) is 0.0572. The first-order valence-electron chi connectivity index (χ1n) is 16.5. The van der Waals surface area contributed by atoms with Gasteiger partial charge >= 0.3 is 0 Å². The topological polar surface area (TPSA) is 199 Å². The van der Waals surface area contributed by atoms with Crippen molar-refractivity contribution in [3.63, 3.8) is 0 Å². The minimum Gasteiger partial charge on any atom is -0.370 e. The van der Waals surface area contributed by atoms with E-state index in [0.717, 1.165) is 27.7 Å². The zero-order valence-electron chi connectivity index (χ0n) is 27.3. The molecule has 0 bridgehead atoms. The molecule has 5 rings (SSSR count). The number of hydrogen-bond acceptors (Lipinski definition) is 6. The van der Waals surface area contributed by atoms with Crippen molar-refractivity contribution in [1.82, 2.24) is 35.8 Å². The maximum atomic E-state index is 14.1. The fourth-order valence-electron chi connectivity index (χ4n) is 6.40. The molecular formula is C35H46N10O3. The lowest BCUT2D eigenvalue weighted by Gasteiger charge is -2.31. The Morgan fingerprint density at radius 2 is 1.85 bits per heavy atom. The Balaban J connectivity index is 1.37. The Morgan fingerprint density at radius 3 is 2.60 bits per heavy atom. The van der Waals surface area contributed by atoms with E-state index in [-0.39, 0.29) is 42.2 Å². The Bertz CT molecular complexity index is 1670. The molecule has 4 aromatic rings. The standard InChI is InChI=1S/C35H46N10O3/c1-23(46)42-32(19-26-21-38-22-41-26)33(47)44-31(18-24-8-3-2-4-9-24)29-14-17-45(34(48)30(43-29)12-7-15-39-35(36)37)16-13-25-20-40-28-11-6-5-10-27(25)28/h2-6,8-11,20-22,29-32,40,43H,7,12-19H2,1H3,(H,38,41)(H,42,46)(H,44,47)(H4,36,37,39)/t29-,30-,31?,32-/m0/s1. The number of fused-ring (bicyclic) bond motifs is 1. The number of H-pyrrole nitrogens is 2. The van der Waals surface area contributed by atoms with Crippen LogP contribution < -0.4 is 27.4 Å². The predicted molar refractivity (Wildman–Crippen MR) is 186 cm³/mol. The van der Waals surface area contributed by atoms with E-state index in [9.17, 15) is 14.4 Å². The molecule has 13 nitrogen and oxygen atoms in total. The molecule has 3 heterocycles. The van der Waals surface area contributed by atoms with Gasteiger partial charge in [0.15, 0.2) is 5.96 Å². The first-order valence-corrected chi connectivity index (χ1v) is 16.5. The number of para-hydroxylation sites is 1. The number of nitrogens with two attached hydrogens (primary N) is 2. The molecule has 3 amide bonds. The number of carbonyl (C=O) groups excluding carboxylic acids is 3. The Hall–Kier alpha value is -5.17. The van der Waals surface area contributed by atoms with Crippen LogP contribution in [-0.2, 0) is 33.6 Å². The van der Waals surface area contributed by atoms with Gasteiger partial charge in [-0.1, -0.05) is 48.5 Å². The Labute approximate surface area is 280 Å². The first-order chi connectivity index (χ1) is 23.3. The minimum atomic E-state index is -0.809. The van der Waals surface area contributed by atoms with Gasteiger partial charge in [-0.3, -0.25) is 19.4 Å². The van der Waals surface area contributed by atoms with Crippen molar-refractivity contribution in [2.75, 3.05) is 19.6 Å². The Kier molecular flexibility index (Phi) is 11.8. The van der Waals surface area contributed by atoms with Crippen LogP contribution in [0.4, 0.5) is 0 Å². The van der Waals surface area contributed by atoms with Crippen molar-refractivity contribution < 1.29 is 14.4 Å². The summed E-state index contributed by atoms with van der Waals surface area (Å²) >= 11 is 0. The van der Waals surface area contributed by atoms with Gasteiger partial charge in [-0.25, -0.2) is 4.98 Å². The van der Waals surface area contributed by atoms with Gasteiger partial charge in [-0.2, -0.15) is 0 Å². The van der Waals surface area contributed by atoms with Crippen molar-refractivity contribution in [3.8, 4) is 0 Å². The van der Waals surface area contributed by atoms with Crippen molar-refractivity contribution in [2.45, 2.75) is 69.6 Å². The molecule has 48 heavy (non-hydrogen) atoms. The molecule has 0 spiro atoms. The summed E-state index contributed by atoms with van der Waals surface area (Å²) in [5.41, 5.74) is 15.1. The maximum Gasteiger partial charge on any atom is 0.243 e. The van der Waals surface area contributed by atoms with Crippen LogP contribution in [0.1, 0.15) is 43.0 Å². The lowest BCUT2D eigenvalue weighted by Crippen LogP contribution is -2.58. The molecule has 13 heteroatoms. The number of nitrogens with one attached hydrogen (secondary N) is 5. The van der Waals surface area contributed by atoms with Crippen LogP contribution in [0.3, 0.4) is 0 Å². The molecule has 0 radical (unpaired) electrons. The number of amides is 3. The molecule has 1 aliphatic heterocycles. The summed E-state index contributed by atoms with van der Waals surface area (Å²) in [5.74, 6) is -0.581. The summed E-state index contributed by atoms with van der Waals surface area (Å²) in [6, 6.07) is 16.2. The normalized spacial score (nSPS) is 17.8. The van der Waals surface area contributed by atoms with Crippen molar-refractivity contribution in [2.24, 2.45) is 16.5 Å². The molecule has 9 N–H and O–H groups in total. The third kappa shape index (κ3) is 9.44. The van der Waals surface area contributed by atoms with Gasteiger partial charge in [0.2, 0.25) is 17.7 Å². The SMILES string of the molecule is CC(=O)N[C@@H](Cc1cnc[nH]1)C(=O)NC(Cc1ccccc1)[C@@H]1CCN(CCc2c[nH]c3ccccc23)C(=O)[C@H](CCCN=C(N)N)N1. The van der Waals surface area contributed by atoms with Gasteiger partial charge in [0.25, 0.3) is 0 Å². The number of nitrogens with zero attached hydrogens (tertiary/aromatic N) is 3. The number of carbonyl (C=O) groups is 3. The highest BCUT2D eigenvalue weighted by Gasteiger charge is 2.35. The second-order valence-corrected chi connectivity index (χ2v) is 12.3. The Morgan fingerprint density at radius 1 is 1.06 bits per heavy atom. The molecule has 4 atom stereocenters. The van der Waals surface area contributed by atoms with Gasteiger partial charge in [-0.15, -0.1) is 0 Å². The van der Waals surface area contributed by atoms with Crippen LogP contribution in [0.2, 0.25) is 0 Å². The van der Waals surface area contributed by atoms with Crippen molar-refractivity contribution in [1.29, 1.82) is 0 Å². The smallest absolute Gasteiger partial charge is 0.243 e. The fraction of sp³-hybridized carbons (Fsp3) is 0.400. The molecular weight excluding hydrogens is 608 g/mol. The number of rotatable bonds is 15. The van der Waals surface area contributed by atoms with Crippen LogP contribution in [0.5, 0.6) is 0 Å². The zero-order chi connectivity index (χ0) is 33.9. The number of aromatic amines is 2. The summed E-state index contributed by atoms with van der Waals surface area (Å²) in [6.07, 6.45) is 8.44. The van der Waals surface area contributed by atoms with E-state index >= 15 is 0 Å². The summed E-state index contributed by atoms with van der Waals surface area (Å²) in [4.78, 5) is 56.5. The highest BCUT2D eigenvalue weighted by Crippen LogP contribution is 2.21. The van der Waals surface area contributed by atoms with E-state index in [4.69, 9.17) is 11.5 Å². The number of aromatic nitrogens is 3. The van der Waals surface area contributed by atoms with E-state index < -0.39 is 12.1 Å². The predicted octanol–water partition coefficient (Wildman–Crippen LogP) is 1.52. The average molecular weight is 655 g/mol. The van der Waals surface area contributed by atoms with E-state index in [1.54, 1.807) is 12.5 Å². The number of guanidine groups is 1. The van der Waals surface area contributed by atoms with Gasteiger partial charge in [-0.05, 0) is 49.3 Å². The fourth-order valence-corrected chi connectivity index (χ4v) is 6.40. The highest BCUT2D eigenvalue weighted by atomic mass is 16.2. The molecule has 1 unspecified atom stereocenters. The second-order valence-electron chi connectivity index (χ2n) is 12.3. The summed E-state index contributed by atoms with van der Waals surface area (Å²) in [5, 5.41) is 10.8. The van der Waals surface area contributed by atoms with Crippen LogP contribution in [-0.4, -0.2) is 87.3 Å². The lowest BCUT2D eigenvalue weighted by atomic mass is 9.95. The first kappa shape index (κ1) is 34.2. The van der Waals surface area contributed by atoms with Crippen LogP contribution >= 0.6 is 0 Å². The van der Waals surface area contributed by atoms with E-state index in [0.29, 0.717) is 51.7 Å². The number of benzene rings is 2. The molecule has 2 aromatic heterocycles. The van der Waals surface area contributed by atoms with E-state index in [1.165, 1.54) is 6.92 Å². The van der Waals surface area contributed by atoms with Crippen LogP contribution in [0.15, 0.2) is 78.3 Å². The number of imidazole rings is 1. The molecule has 254 valence electrons. The zero-order valence-corrected chi connectivity index (χ0v) is 27.3. The monoisotopic (exact) mass is 654 g/mol. The third-order valence-corrected chi connectivity index (χ3v) is 8.79. The molecule has 1 saturated heterocycles. The average Bonchev–Trinajstić information content (AvgIpc) is 3.71. The summed E-state index contributed by atoms with van der Waals surface area (Å²) < 4.78 is 0. The third-order valence-electron chi connectivity index (χ3n) is 8.79. The van der Waals surface area contributed by atoms with Crippen LogP contribution in [0, 0.1) is 0 Å². The van der Waals surface area contributed by atoms with Gasteiger partial charge in [0.1, 0.15) is 6.04 Å². The molecule has 1 aliphatic rings. The van der Waals surface area contributed by atoms with Gasteiger partial charge < -0.3 is 42.3 Å². The lowest BCUT2D eigenvalue weighted by molar-refractivity contribution is -0.132. The molecule has 2 aromatic carbocycles. The van der Waals surface area contributed by atoms with E-state index in [2.05, 4.69) is 42.0 Å². The minimum absolute atomic E-state index is 0.0159. The molecule has 1 fully saturated rings. The highest BCUT2D eigenvalue weighted by molar-refractivity contribution is 5.87. The van der Waals surface area contributed by atoms with Crippen LogP contribution in [0.25, 0.3) is 10.9 Å². The summed E-state index contributed by atoms with van der Waals surface area (Å²) in [6.45, 7) is 2.88. The van der Waals surface area contributed by atoms with Gasteiger partial charge in [0.05, 0.1) is 12.4 Å². The van der Waals surface area contributed by atoms with Gasteiger partial charge in [0, 0.05) is 74.1 Å². The maximum absolute atomic E-state index is 14.1. The number of aliphatic imine (C=N–C) groups is 1. The second kappa shape index (κ2) is 16.6.